The van der Waals surface area contributed by atoms with Crippen molar-refractivity contribution in [3.63, 3.8) is 0 Å². The number of carbonyl (C=O) groups excluding carboxylic acids is 2. The van der Waals surface area contributed by atoms with Gasteiger partial charge < -0.3 is 15.0 Å². The van der Waals surface area contributed by atoms with Gasteiger partial charge in [-0.15, -0.1) is 0 Å². The minimum Gasteiger partial charge on any atom is -0.356 e. The molecule has 2 atom stereocenters. The van der Waals surface area contributed by atoms with Gasteiger partial charge in [0.15, 0.2) is 6.10 Å². The number of nitrogens with one attached hydrogen (secondary N) is 1. The maximum absolute atomic E-state index is 13.3. The summed E-state index contributed by atoms with van der Waals surface area (Å²) in [6.07, 6.45) is -1.03. The van der Waals surface area contributed by atoms with Crippen LogP contribution in [0.4, 0.5) is 4.39 Å². The SMILES string of the molecule is O=C1CO[C@H](C(=O)N2CCC(F)CC2)[C@@H](c2ccccc2Cl)N1. The fourth-order valence-corrected chi connectivity index (χ4v) is 3.24. The molecule has 0 spiro atoms. The summed E-state index contributed by atoms with van der Waals surface area (Å²) >= 11 is 6.20. The first-order valence-electron chi connectivity index (χ1n) is 7.64. The van der Waals surface area contributed by atoms with Crippen LogP contribution in [0, 0.1) is 0 Å². The van der Waals surface area contributed by atoms with E-state index in [0.29, 0.717) is 36.5 Å². The fourth-order valence-electron chi connectivity index (χ4n) is 2.98. The van der Waals surface area contributed by atoms with Crippen LogP contribution < -0.4 is 5.32 Å². The highest BCUT2D eigenvalue weighted by Gasteiger charge is 2.39. The van der Waals surface area contributed by atoms with Crippen LogP contribution in [0.5, 0.6) is 0 Å². The van der Waals surface area contributed by atoms with Crippen LogP contribution in [0.1, 0.15) is 24.4 Å². The number of alkyl halides is 1. The van der Waals surface area contributed by atoms with E-state index in [9.17, 15) is 14.0 Å². The van der Waals surface area contributed by atoms with Gasteiger partial charge in [0.05, 0.1) is 6.04 Å². The number of hydrogen-bond acceptors (Lipinski definition) is 3. The summed E-state index contributed by atoms with van der Waals surface area (Å²) in [7, 11) is 0. The first-order chi connectivity index (χ1) is 11.1. The molecule has 3 rings (SSSR count). The molecule has 124 valence electrons. The highest BCUT2D eigenvalue weighted by atomic mass is 35.5. The van der Waals surface area contributed by atoms with Crippen LogP contribution in [0.25, 0.3) is 0 Å². The number of piperidine rings is 1. The van der Waals surface area contributed by atoms with Gasteiger partial charge in [0.1, 0.15) is 12.8 Å². The number of carbonyl (C=O) groups is 2. The van der Waals surface area contributed by atoms with Crippen molar-refractivity contribution in [3.05, 3.63) is 34.9 Å². The van der Waals surface area contributed by atoms with E-state index in [-0.39, 0.29) is 18.4 Å². The molecule has 2 heterocycles. The molecule has 2 aliphatic rings. The average molecular weight is 341 g/mol. The lowest BCUT2D eigenvalue weighted by Crippen LogP contribution is -2.54. The van der Waals surface area contributed by atoms with Crippen molar-refractivity contribution in [1.82, 2.24) is 10.2 Å². The van der Waals surface area contributed by atoms with E-state index in [4.69, 9.17) is 16.3 Å². The van der Waals surface area contributed by atoms with Crippen molar-refractivity contribution >= 4 is 23.4 Å². The summed E-state index contributed by atoms with van der Waals surface area (Å²) in [5.41, 5.74) is 0.640. The number of halogens is 2. The molecule has 1 aromatic carbocycles. The Hall–Kier alpha value is -1.66. The first kappa shape index (κ1) is 16.2. The zero-order valence-electron chi connectivity index (χ0n) is 12.5. The molecule has 1 N–H and O–H groups in total. The molecular weight excluding hydrogens is 323 g/mol. The Morgan fingerprint density at radius 3 is 2.70 bits per heavy atom. The largest absolute Gasteiger partial charge is 0.356 e. The Kier molecular flexibility index (Phi) is 4.82. The van der Waals surface area contributed by atoms with Crippen molar-refractivity contribution in [2.75, 3.05) is 19.7 Å². The van der Waals surface area contributed by atoms with Crippen molar-refractivity contribution in [1.29, 1.82) is 0 Å². The van der Waals surface area contributed by atoms with E-state index in [2.05, 4.69) is 5.32 Å². The Labute approximate surface area is 138 Å². The lowest BCUT2D eigenvalue weighted by Gasteiger charge is -2.37. The monoisotopic (exact) mass is 340 g/mol. The topological polar surface area (TPSA) is 58.6 Å². The zero-order chi connectivity index (χ0) is 16.4. The molecular formula is C16H18ClFN2O3. The van der Waals surface area contributed by atoms with Crippen LogP contribution in [0.2, 0.25) is 5.02 Å². The lowest BCUT2D eigenvalue weighted by molar-refractivity contribution is -0.156. The third-order valence-electron chi connectivity index (χ3n) is 4.23. The molecule has 0 radical (unpaired) electrons. The van der Waals surface area contributed by atoms with Crippen LogP contribution >= 0.6 is 11.6 Å². The van der Waals surface area contributed by atoms with Gasteiger partial charge >= 0.3 is 0 Å². The standard InChI is InChI=1S/C16H18ClFN2O3/c17-12-4-2-1-3-11(12)14-15(23-9-13(21)19-14)16(22)20-7-5-10(18)6-8-20/h1-4,10,14-15H,5-9H2,(H,19,21)/t14-,15+/m1/s1. The number of hydrogen-bond donors (Lipinski definition) is 1. The Morgan fingerprint density at radius 1 is 1.30 bits per heavy atom. The number of amides is 2. The van der Waals surface area contributed by atoms with Gasteiger partial charge in [0.2, 0.25) is 5.91 Å². The Balaban J connectivity index is 1.82. The molecule has 2 saturated heterocycles. The number of nitrogens with zero attached hydrogens (tertiary/aromatic N) is 1. The Morgan fingerprint density at radius 2 is 2.00 bits per heavy atom. The molecule has 2 aliphatic heterocycles. The molecule has 0 aromatic heterocycles. The molecule has 1 aromatic rings. The van der Waals surface area contributed by atoms with E-state index < -0.39 is 18.3 Å². The second kappa shape index (κ2) is 6.84. The van der Waals surface area contributed by atoms with Crippen LogP contribution in [-0.4, -0.2) is 48.7 Å². The first-order valence-corrected chi connectivity index (χ1v) is 8.02. The second-order valence-corrected chi connectivity index (χ2v) is 6.21. The summed E-state index contributed by atoms with van der Waals surface area (Å²) in [6, 6.07) is 6.39. The second-order valence-electron chi connectivity index (χ2n) is 5.80. The van der Waals surface area contributed by atoms with E-state index in [0.717, 1.165) is 0 Å². The summed E-state index contributed by atoms with van der Waals surface area (Å²) in [4.78, 5) is 26.0. The van der Waals surface area contributed by atoms with Gasteiger partial charge in [0, 0.05) is 18.1 Å². The molecule has 2 fully saturated rings. The van der Waals surface area contributed by atoms with Gasteiger partial charge in [-0.25, -0.2) is 4.39 Å². The number of morpholine rings is 1. The quantitative estimate of drug-likeness (QED) is 0.894. The number of rotatable bonds is 2. The summed E-state index contributed by atoms with van der Waals surface area (Å²) in [5, 5.41) is 3.24. The molecule has 0 aliphatic carbocycles. The number of benzene rings is 1. The third-order valence-corrected chi connectivity index (χ3v) is 4.58. The third kappa shape index (κ3) is 3.48. The van der Waals surface area contributed by atoms with Gasteiger partial charge in [-0.1, -0.05) is 29.8 Å². The van der Waals surface area contributed by atoms with E-state index in [1.54, 1.807) is 29.2 Å². The van der Waals surface area contributed by atoms with E-state index in [1.165, 1.54) is 0 Å². The average Bonchev–Trinajstić information content (AvgIpc) is 2.55. The van der Waals surface area contributed by atoms with Gasteiger partial charge in [-0.2, -0.15) is 0 Å². The molecule has 7 heteroatoms. The van der Waals surface area contributed by atoms with Crippen molar-refractivity contribution < 1.29 is 18.7 Å². The zero-order valence-corrected chi connectivity index (χ0v) is 13.3. The molecule has 0 bridgehead atoms. The maximum atomic E-state index is 13.3. The molecule has 0 unspecified atom stereocenters. The molecule has 0 saturated carbocycles. The lowest BCUT2D eigenvalue weighted by atomic mass is 9.97. The number of ether oxygens (including phenoxy) is 1. The van der Waals surface area contributed by atoms with Crippen LogP contribution in [0.15, 0.2) is 24.3 Å². The van der Waals surface area contributed by atoms with Crippen molar-refractivity contribution in [2.45, 2.75) is 31.2 Å². The van der Waals surface area contributed by atoms with E-state index in [1.807, 2.05) is 0 Å². The summed E-state index contributed by atoms with van der Waals surface area (Å²) < 4.78 is 18.8. The highest BCUT2D eigenvalue weighted by Crippen LogP contribution is 2.30. The van der Waals surface area contributed by atoms with Crippen LogP contribution in [-0.2, 0) is 14.3 Å². The van der Waals surface area contributed by atoms with Gasteiger partial charge in [0.25, 0.3) is 5.91 Å². The molecule has 23 heavy (non-hydrogen) atoms. The highest BCUT2D eigenvalue weighted by molar-refractivity contribution is 6.31. The Bertz CT molecular complexity index is 605. The summed E-state index contributed by atoms with van der Waals surface area (Å²) in [5.74, 6) is -0.525. The van der Waals surface area contributed by atoms with Crippen molar-refractivity contribution in [2.24, 2.45) is 0 Å². The predicted octanol–water partition coefficient (Wildman–Crippen LogP) is 1.86. The normalized spacial score (nSPS) is 26.0. The fraction of sp³-hybridized carbons (Fsp3) is 0.500. The predicted molar refractivity (Wildman–Crippen MR) is 82.8 cm³/mol. The maximum Gasteiger partial charge on any atom is 0.254 e. The minimum atomic E-state index is -0.856. The molecule has 5 nitrogen and oxygen atoms in total. The minimum absolute atomic E-state index is 0.170. The summed E-state index contributed by atoms with van der Waals surface area (Å²) in [6.45, 7) is 0.559. The molecule has 2 amide bonds. The van der Waals surface area contributed by atoms with Crippen molar-refractivity contribution in [3.8, 4) is 0 Å². The van der Waals surface area contributed by atoms with Gasteiger partial charge in [-0.3, -0.25) is 9.59 Å². The van der Waals surface area contributed by atoms with Gasteiger partial charge in [-0.05, 0) is 24.5 Å². The smallest absolute Gasteiger partial charge is 0.254 e. The van der Waals surface area contributed by atoms with E-state index >= 15 is 0 Å². The van der Waals surface area contributed by atoms with Crippen LogP contribution in [0.3, 0.4) is 0 Å². The number of likely N-dealkylation sites (tertiary alicyclic amines) is 1.